The molecule has 0 unspecified atom stereocenters. The third-order valence-corrected chi connectivity index (χ3v) is 5.51. The number of anilines is 1. The summed E-state index contributed by atoms with van der Waals surface area (Å²) in [5.41, 5.74) is -0.193. The van der Waals surface area contributed by atoms with E-state index < -0.39 is 15.8 Å². The molecule has 0 radical (unpaired) electrons. The lowest BCUT2D eigenvalue weighted by molar-refractivity contribution is 0.475. The van der Waals surface area contributed by atoms with E-state index in [9.17, 15) is 17.9 Å². The molecule has 0 aliphatic carbocycles. The van der Waals surface area contributed by atoms with Gasteiger partial charge in [0.05, 0.1) is 9.47 Å². The summed E-state index contributed by atoms with van der Waals surface area (Å²) in [6, 6.07) is 4.51. The highest BCUT2D eigenvalue weighted by Crippen LogP contribution is 2.32. The summed E-state index contributed by atoms with van der Waals surface area (Å²) >= 11 is 4.48. The predicted molar refractivity (Wildman–Crippen MR) is 75.6 cm³/mol. The molecule has 0 spiro atoms. The summed E-state index contributed by atoms with van der Waals surface area (Å²) in [7, 11) is -3.86. The fraction of sp³-hybridized carbons (Fsp3) is 0.0909. The molecule has 1 aromatic carbocycles. The molecule has 0 saturated carbocycles. The molecule has 0 aliphatic rings. The zero-order valence-electron chi connectivity index (χ0n) is 9.65. The number of hydrogen-bond acceptors (Lipinski definition) is 4. The fourth-order valence-electron chi connectivity index (χ4n) is 1.49. The van der Waals surface area contributed by atoms with Gasteiger partial charge in [0.25, 0.3) is 10.0 Å². The molecule has 8 heteroatoms. The lowest BCUT2D eigenvalue weighted by Crippen LogP contribution is -2.13. The number of phenols is 1. The van der Waals surface area contributed by atoms with Crippen molar-refractivity contribution in [3.8, 4) is 5.75 Å². The largest absolute Gasteiger partial charge is 0.506 e. The number of aromatic hydroxyl groups is 1. The number of hydrogen-bond donors (Lipinski definition) is 2. The van der Waals surface area contributed by atoms with E-state index in [-0.39, 0.29) is 16.3 Å². The molecular weight excluding hydrogens is 357 g/mol. The van der Waals surface area contributed by atoms with Crippen molar-refractivity contribution in [1.29, 1.82) is 0 Å². The van der Waals surface area contributed by atoms with Crippen LogP contribution in [0.3, 0.4) is 0 Å². The van der Waals surface area contributed by atoms with E-state index in [1.807, 2.05) is 0 Å². The first-order chi connectivity index (χ1) is 8.79. The van der Waals surface area contributed by atoms with Crippen LogP contribution in [0.4, 0.5) is 10.1 Å². The van der Waals surface area contributed by atoms with Crippen LogP contribution >= 0.6 is 27.3 Å². The molecule has 1 aromatic heterocycles. The first-order valence-corrected chi connectivity index (χ1v) is 8.16. The first-order valence-electron chi connectivity index (χ1n) is 5.07. The summed E-state index contributed by atoms with van der Waals surface area (Å²) < 4.78 is 40.2. The van der Waals surface area contributed by atoms with Gasteiger partial charge in [-0.15, -0.1) is 11.3 Å². The standard InChI is InChI=1S/C11H9BrFNO3S2/c1-6-10(5-11(12)18-6)19(16,17)14-8-4-7(13)2-3-9(8)15/h2-5,14-15H,1H3. The average molecular weight is 366 g/mol. The minimum Gasteiger partial charge on any atom is -0.506 e. The van der Waals surface area contributed by atoms with E-state index in [1.165, 1.54) is 17.4 Å². The minimum atomic E-state index is -3.86. The highest BCUT2D eigenvalue weighted by molar-refractivity contribution is 9.11. The molecule has 0 bridgehead atoms. The Balaban J connectivity index is 2.42. The number of aryl methyl sites for hydroxylation is 1. The second-order valence-corrected chi connectivity index (χ2v) is 8.02. The van der Waals surface area contributed by atoms with Crippen molar-refractivity contribution >= 4 is 43.0 Å². The zero-order valence-corrected chi connectivity index (χ0v) is 12.9. The normalized spacial score (nSPS) is 11.5. The Morgan fingerprint density at radius 3 is 2.63 bits per heavy atom. The minimum absolute atomic E-state index is 0.0908. The van der Waals surface area contributed by atoms with Crippen LogP contribution in [-0.2, 0) is 10.0 Å². The van der Waals surface area contributed by atoms with Crippen molar-refractivity contribution in [2.75, 3.05) is 4.72 Å². The van der Waals surface area contributed by atoms with Gasteiger partial charge in [-0.2, -0.15) is 0 Å². The third kappa shape index (κ3) is 3.07. The smallest absolute Gasteiger partial charge is 0.263 e. The third-order valence-electron chi connectivity index (χ3n) is 2.33. The maximum Gasteiger partial charge on any atom is 0.263 e. The summed E-state index contributed by atoms with van der Waals surface area (Å²) in [5.74, 6) is -0.976. The van der Waals surface area contributed by atoms with Gasteiger partial charge in [0.15, 0.2) is 0 Å². The van der Waals surface area contributed by atoms with Crippen LogP contribution in [0, 0.1) is 12.7 Å². The van der Waals surface area contributed by atoms with Gasteiger partial charge < -0.3 is 5.11 Å². The number of benzene rings is 1. The Morgan fingerprint density at radius 2 is 2.05 bits per heavy atom. The predicted octanol–water partition coefficient (Wildman–Crippen LogP) is 3.46. The second-order valence-electron chi connectivity index (χ2n) is 3.74. The Hall–Kier alpha value is -1.12. The van der Waals surface area contributed by atoms with E-state index in [0.29, 0.717) is 8.66 Å². The molecule has 0 atom stereocenters. The van der Waals surface area contributed by atoms with Crippen LogP contribution in [0.25, 0.3) is 0 Å². The maximum absolute atomic E-state index is 13.1. The topological polar surface area (TPSA) is 66.4 Å². The fourth-order valence-corrected chi connectivity index (χ4v) is 4.97. The van der Waals surface area contributed by atoms with E-state index in [0.717, 1.165) is 18.2 Å². The molecule has 0 amide bonds. The summed E-state index contributed by atoms with van der Waals surface area (Å²) in [6.07, 6.45) is 0. The van der Waals surface area contributed by atoms with Crippen LogP contribution in [-0.4, -0.2) is 13.5 Å². The quantitative estimate of drug-likeness (QED) is 0.818. The molecule has 0 fully saturated rings. The van der Waals surface area contributed by atoms with E-state index in [2.05, 4.69) is 20.7 Å². The van der Waals surface area contributed by atoms with Crippen molar-refractivity contribution in [2.24, 2.45) is 0 Å². The van der Waals surface area contributed by atoms with Crippen molar-refractivity contribution in [2.45, 2.75) is 11.8 Å². The Bertz CT molecular complexity index is 728. The Kier molecular flexibility index (Phi) is 3.84. The van der Waals surface area contributed by atoms with Crippen molar-refractivity contribution in [1.82, 2.24) is 0 Å². The zero-order chi connectivity index (χ0) is 14.2. The molecule has 1 heterocycles. The van der Waals surface area contributed by atoms with Gasteiger partial charge in [-0.3, -0.25) is 4.72 Å². The summed E-state index contributed by atoms with van der Waals surface area (Å²) in [4.78, 5) is 0.684. The van der Waals surface area contributed by atoms with Crippen LogP contribution in [0.15, 0.2) is 32.9 Å². The molecule has 0 saturated heterocycles. The molecule has 19 heavy (non-hydrogen) atoms. The molecule has 2 rings (SSSR count). The van der Waals surface area contributed by atoms with Crippen LogP contribution in [0.5, 0.6) is 5.75 Å². The molecule has 2 N–H and O–H groups in total. The van der Waals surface area contributed by atoms with Gasteiger partial charge in [-0.1, -0.05) is 0 Å². The summed E-state index contributed by atoms with van der Waals surface area (Å²) in [5, 5.41) is 9.52. The number of rotatable bonds is 3. The SMILES string of the molecule is Cc1sc(Br)cc1S(=O)(=O)Nc1cc(F)ccc1O. The number of halogens is 2. The van der Waals surface area contributed by atoms with E-state index in [4.69, 9.17) is 0 Å². The van der Waals surface area contributed by atoms with Crippen molar-refractivity contribution in [3.05, 3.63) is 38.7 Å². The van der Waals surface area contributed by atoms with E-state index >= 15 is 0 Å². The van der Waals surface area contributed by atoms with Crippen molar-refractivity contribution in [3.63, 3.8) is 0 Å². The number of nitrogens with one attached hydrogen (secondary N) is 1. The molecule has 102 valence electrons. The maximum atomic E-state index is 13.1. The summed E-state index contributed by atoms with van der Waals surface area (Å²) in [6.45, 7) is 1.66. The van der Waals surface area contributed by atoms with Gasteiger partial charge in [0, 0.05) is 10.9 Å². The second kappa shape index (κ2) is 5.10. The van der Waals surface area contributed by atoms with Gasteiger partial charge >= 0.3 is 0 Å². The monoisotopic (exact) mass is 365 g/mol. The molecule has 2 aromatic rings. The van der Waals surface area contributed by atoms with E-state index in [1.54, 1.807) is 6.92 Å². The lowest BCUT2D eigenvalue weighted by Gasteiger charge is -2.09. The Labute approximate surface area is 122 Å². The average Bonchev–Trinajstić information content (AvgIpc) is 2.63. The van der Waals surface area contributed by atoms with Crippen LogP contribution < -0.4 is 4.72 Å². The highest BCUT2D eigenvalue weighted by Gasteiger charge is 2.21. The highest BCUT2D eigenvalue weighted by atomic mass is 79.9. The van der Waals surface area contributed by atoms with Gasteiger partial charge in [-0.05, 0) is 41.1 Å². The van der Waals surface area contributed by atoms with Gasteiger partial charge in [-0.25, -0.2) is 12.8 Å². The Morgan fingerprint density at radius 1 is 1.37 bits per heavy atom. The molecular formula is C11H9BrFNO3S2. The number of sulfonamides is 1. The van der Waals surface area contributed by atoms with Crippen LogP contribution in [0.1, 0.15) is 4.88 Å². The van der Waals surface area contributed by atoms with Crippen molar-refractivity contribution < 1.29 is 17.9 Å². The number of thiophene rings is 1. The molecule has 4 nitrogen and oxygen atoms in total. The van der Waals surface area contributed by atoms with Gasteiger partial charge in [0.2, 0.25) is 0 Å². The van der Waals surface area contributed by atoms with Gasteiger partial charge in [0.1, 0.15) is 16.5 Å². The van der Waals surface area contributed by atoms with Crippen LogP contribution in [0.2, 0.25) is 0 Å². The first kappa shape index (κ1) is 14.3. The molecule has 0 aliphatic heterocycles. The number of phenolic OH excluding ortho intramolecular Hbond substituents is 1. The lowest BCUT2D eigenvalue weighted by atomic mass is 10.3.